The number of ether oxygens (including phenoxy) is 1. The lowest BCUT2D eigenvalue weighted by molar-refractivity contribution is 0.0235. The summed E-state index contributed by atoms with van der Waals surface area (Å²) >= 11 is 0. The molecule has 1 aliphatic heterocycles. The number of carbonyl (C=O) groups is 1. The lowest BCUT2D eigenvalue weighted by atomic mass is 10.2. The highest BCUT2D eigenvalue weighted by atomic mass is 19.1. The Morgan fingerprint density at radius 1 is 1.48 bits per heavy atom. The van der Waals surface area contributed by atoms with E-state index >= 15 is 0 Å². The first-order valence-electron chi connectivity index (χ1n) is 7.06. The molecule has 1 fully saturated rings. The fourth-order valence-corrected chi connectivity index (χ4v) is 2.22. The zero-order valence-corrected chi connectivity index (χ0v) is 12.6. The number of anilines is 1. The van der Waals surface area contributed by atoms with Gasteiger partial charge in [-0.3, -0.25) is 0 Å². The summed E-state index contributed by atoms with van der Waals surface area (Å²) in [5.41, 5.74) is -0.502. The summed E-state index contributed by atoms with van der Waals surface area (Å²) < 4.78 is 18.1. The van der Waals surface area contributed by atoms with Crippen molar-refractivity contribution in [1.29, 1.82) is 0 Å². The third-order valence-electron chi connectivity index (χ3n) is 3.12. The van der Waals surface area contributed by atoms with Crippen molar-refractivity contribution < 1.29 is 13.9 Å². The molecular formula is C14H21FN4O2. The molecule has 6 nitrogen and oxygen atoms in total. The van der Waals surface area contributed by atoms with Crippen LogP contribution >= 0.6 is 0 Å². The van der Waals surface area contributed by atoms with Crippen LogP contribution in [0.2, 0.25) is 0 Å². The molecule has 0 saturated carbocycles. The summed E-state index contributed by atoms with van der Waals surface area (Å²) in [4.78, 5) is 21.5. The Hall–Kier alpha value is -1.92. The second-order valence-electron chi connectivity index (χ2n) is 6.08. The fraction of sp³-hybridized carbons (Fsp3) is 0.643. The molecule has 116 valence electrons. The zero-order chi connectivity index (χ0) is 15.5. The molecule has 21 heavy (non-hydrogen) atoms. The summed E-state index contributed by atoms with van der Waals surface area (Å²) in [6.45, 7) is 6.75. The molecule has 0 unspecified atom stereocenters. The molecule has 1 aliphatic rings. The smallest absolute Gasteiger partial charge is 0.410 e. The van der Waals surface area contributed by atoms with E-state index in [0.29, 0.717) is 19.0 Å². The van der Waals surface area contributed by atoms with Crippen molar-refractivity contribution in [3.63, 3.8) is 0 Å². The molecule has 1 saturated heterocycles. The van der Waals surface area contributed by atoms with Gasteiger partial charge in [-0.15, -0.1) is 0 Å². The molecule has 1 aromatic rings. The largest absolute Gasteiger partial charge is 0.444 e. The van der Waals surface area contributed by atoms with Crippen molar-refractivity contribution in [1.82, 2.24) is 14.9 Å². The normalized spacial score (nSPS) is 18.7. The van der Waals surface area contributed by atoms with Gasteiger partial charge < -0.3 is 15.0 Å². The van der Waals surface area contributed by atoms with E-state index in [2.05, 4.69) is 15.3 Å². The molecule has 1 atom stereocenters. The van der Waals surface area contributed by atoms with E-state index in [9.17, 15) is 9.18 Å². The number of carbonyl (C=O) groups excluding carboxylic acids is 1. The minimum Gasteiger partial charge on any atom is -0.444 e. The van der Waals surface area contributed by atoms with Crippen LogP contribution < -0.4 is 5.32 Å². The monoisotopic (exact) mass is 296 g/mol. The Labute approximate surface area is 123 Å². The predicted molar refractivity (Wildman–Crippen MR) is 76.4 cm³/mol. The first kappa shape index (κ1) is 15.5. The first-order valence-corrected chi connectivity index (χ1v) is 7.06. The molecule has 1 N–H and O–H groups in total. The molecule has 0 bridgehead atoms. The van der Waals surface area contributed by atoms with Crippen LogP contribution in [0.1, 0.15) is 33.6 Å². The van der Waals surface area contributed by atoms with Gasteiger partial charge in [-0.05, 0) is 33.6 Å². The Kier molecular flexibility index (Phi) is 4.59. The number of likely N-dealkylation sites (tertiary alicyclic amines) is 1. The Bertz CT molecular complexity index is 487. The molecule has 0 radical (unpaired) electrons. The van der Waals surface area contributed by atoms with Crippen LogP contribution in [0.25, 0.3) is 0 Å². The van der Waals surface area contributed by atoms with Gasteiger partial charge in [0, 0.05) is 13.1 Å². The van der Waals surface area contributed by atoms with Gasteiger partial charge in [-0.25, -0.2) is 19.2 Å². The minimum atomic E-state index is -0.502. The molecular weight excluding hydrogens is 275 g/mol. The highest BCUT2D eigenvalue weighted by molar-refractivity contribution is 5.69. The summed E-state index contributed by atoms with van der Waals surface area (Å²) in [5, 5.41) is 3.02. The van der Waals surface area contributed by atoms with Gasteiger partial charge >= 0.3 is 6.09 Å². The van der Waals surface area contributed by atoms with E-state index in [1.54, 1.807) is 4.90 Å². The number of nitrogens with zero attached hydrogens (tertiary/aromatic N) is 3. The molecule has 0 aromatic carbocycles. The lowest BCUT2D eigenvalue weighted by Gasteiger charge is -2.28. The Balaban J connectivity index is 1.90. The number of rotatable bonds is 3. The average Bonchev–Trinajstić information content (AvgIpc) is 2.84. The van der Waals surface area contributed by atoms with Crippen LogP contribution in [-0.2, 0) is 4.74 Å². The maximum Gasteiger partial charge on any atom is 0.410 e. The van der Waals surface area contributed by atoms with Crippen LogP contribution in [0.3, 0.4) is 0 Å². The van der Waals surface area contributed by atoms with Crippen molar-refractivity contribution >= 4 is 12.0 Å². The van der Waals surface area contributed by atoms with Gasteiger partial charge in [0.25, 0.3) is 0 Å². The Morgan fingerprint density at radius 3 is 2.76 bits per heavy atom. The topological polar surface area (TPSA) is 67.3 Å². The summed E-state index contributed by atoms with van der Waals surface area (Å²) in [7, 11) is 0. The van der Waals surface area contributed by atoms with Crippen molar-refractivity contribution in [3.05, 3.63) is 18.2 Å². The van der Waals surface area contributed by atoms with E-state index in [0.717, 1.165) is 25.2 Å². The minimum absolute atomic E-state index is 0.0357. The zero-order valence-electron chi connectivity index (χ0n) is 12.6. The second kappa shape index (κ2) is 6.24. The second-order valence-corrected chi connectivity index (χ2v) is 6.08. The number of aromatic nitrogens is 2. The summed E-state index contributed by atoms with van der Waals surface area (Å²) in [6, 6.07) is 0.0357. The molecule has 0 spiro atoms. The lowest BCUT2D eigenvalue weighted by Crippen LogP contribution is -2.42. The summed E-state index contributed by atoms with van der Waals surface area (Å²) in [6.07, 6.45) is 3.75. The number of nitrogens with one attached hydrogen (secondary N) is 1. The van der Waals surface area contributed by atoms with E-state index < -0.39 is 11.4 Å². The van der Waals surface area contributed by atoms with Crippen molar-refractivity contribution in [3.8, 4) is 0 Å². The van der Waals surface area contributed by atoms with Crippen molar-refractivity contribution in [2.24, 2.45) is 0 Å². The molecule has 2 rings (SSSR count). The average molecular weight is 296 g/mol. The molecule has 0 aliphatic carbocycles. The van der Waals surface area contributed by atoms with Crippen LogP contribution in [0, 0.1) is 5.82 Å². The standard InChI is InChI=1S/C14H21FN4O2/c1-14(2,3)21-13(20)19-6-4-5-11(19)9-18-12-16-7-10(15)8-17-12/h7-8,11H,4-6,9H2,1-3H3,(H,16,17,18)/t11-/m0/s1. The van der Waals surface area contributed by atoms with Crippen molar-refractivity contribution in [2.75, 3.05) is 18.4 Å². The summed E-state index contributed by atoms with van der Waals surface area (Å²) in [5.74, 6) is -0.121. The van der Waals surface area contributed by atoms with Gasteiger partial charge in [0.1, 0.15) is 5.60 Å². The third-order valence-corrected chi connectivity index (χ3v) is 3.12. The maximum atomic E-state index is 12.7. The van der Waals surface area contributed by atoms with E-state index in [-0.39, 0.29) is 12.1 Å². The number of halogens is 1. The van der Waals surface area contributed by atoms with E-state index in [4.69, 9.17) is 4.74 Å². The first-order chi connectivity index (χ1) is 9.85. The van der Waals surface area contributed by atoms with Gasteiger partial charge in [0.2, 0.25) is 5.95 Å². The highest BCUT2D eigenvalue weighted by Gasteiger charge is 2.32. The van der Waals surface area contributed by atoms with E-state index in [1.165, 1.54) is 0 Å². The van der Waals surface area contributed by atoms with Gasteiger partial charge in [-0.1, -0.05) is 0 Å². The van der Waals surface area contributed by atoms with Crippen LogP contribution in [0.5, 0.6) is 0 Å². The maximum absolute atomic E-state index is 12.7. The van der Waals surface area contributed by atoms with Crippen molar-refractivity contribution in [2.45, 2.75) is 45.3 Å². The van der Waals surface area contributed by atoms with Gasteiger partial charge in [0.15, 0.2) is 5.82 Å². The van der Waals surface area contributed by atoms with Crippen LogP contribution in [0.4, 0.5) is 15.1 Å². The van der Waals surface area contributed by atoms with Gasteiger partial charge in [0.05, 0.1) is 18.4 Å². The number of amides is 1. The molecule has 1 amide bonds. The van der Waals surface area contributed by atoms with Gasteiger partial charge in [-0.2, -0.15) is 0 Å². The quantitative estimate of drug-likeness (QED) is 0.928. The molecule has 1 aromatic heterocycles. The Morgan fingerprint density at radius 2 is 2.14 bits per heavy atom. The predicted octanol–water partition coefficient (Wildman–Crippen LogP) is 2.43. The number of hydrogen-bond acceptors (Lipinski definition) is 5. The van der Waals surface area contributed by atoms with E-state index in [1.807, 2.05) is 20.8 Å². The number of hydrogen-bond donors (Lipinski definition) is 1. The highest BCUT2D eigenvalue weighted by Crippen LogP contribution is 2.21. The third kappa shape index (κ3) is 4.54. The van der Waals surface area contributed by atoms with Crippen LogP contribution in [-0.4, -0.2) is 45.7 Å². The SMILES string of the molecule is CC(C)(C)OC(=O)N1CCC[C@H]1CNc1ncc(F)cn1. The van der Waals surface area contributed by atoms with Crippen LogP contribution in [0.15, 0.2) is 12.4 Å². The molecule has 7 heteroatoms. The fourth-order valence-electron chi connectivity index (χ4n) is 2.22. The molecule has 2 heterocycles.